The normalized spacial score (nSPS) is 17.0. The summed E-state index contributed by atoms with van der Waals surface area (Å²) in [5, 5.41) is 8.04. The van der Waals surface area contributed by atoms with Crippen LogP contribution in [0.25, 0.3) is 0 Å². The van der Waals surface area contributed by atoms with Gasteiger partial charge < -0.3 is 20.7 Å². The van der Waals surface area contributed by atoms with Crippen LogP contribution in [0.15, 0.2) is 18.2 Å². The second-order valence-corrected chi connectivity index (χ2v) is 4.90. The van der Waals surface area contributed by atoms with Crippen LogP contribution < -0.4 is 16.0 Å². The van der Waals surface area contributed by atoms with E-state index in [0.29, 0.717) is 12.2 Å². The van der Waals surface area contributed by atoms with E-state index in [-0.39, 0.29) is 29.0 Å². The molecule has 1 fully saturated rings. The Balaban J connectivity index is 1.96. The molecule has 1 aromatic carbocycles. The number of carbonyl (C=O) groups excluding carboxylic acids is 3. The summed E-state index contributed by atoms with van der Waals surface area (Å²) in [5.41, 5.74) is 0.651. The van der Waals surface area contributed by atoms with Crippen LogP contribution in [0.5, 0.6) is 0 Å². The third-order valence-electron chi connectivity index (χ3n) is 2.94. The van der Waals surface area contributed by atoms with Crippen molar-refractivity contribution >= 4 is 35.2 Å². The van der Waals surface area contributed by atoms with Crippen LogP contribution >= 0.6 is 11.6 Å². The van der Waals surface area contributed by atoms with E-state index in [2.05, 4.69) is 20.7 Å². The zero-order chi connectivity index (χ0) is 15.4. The van der Waals surface area contributed by atoms with E-state index in [1.54, 1.807) is 0 Å². The summed E-state index contributed by atoms with van der Waals surface area (Å²) in [6.45, 7) is 0.411. The monoisotopic (exact) mass is 311 g/mol. The molecule has 1 atom stereocenters. The summed E-state index contributed by atoms with van der Waals surface area (Å²) < 4.78 is 4.57. The van der Waals surface area contributed by atoms with Crippen LogP contribution in [-0.4, -0.2) is 37.6 Å². The fourth-order valence-corrected chi connectivity index (χ4v) is 2.19. The first-order valence-electron chi connectivity index (χ1n) is 6.21. The van der Waals surface area contributed by atoms with Crippen molar-refractivity contribution in [2.75, 3.05) is 19.0 Å². The highest BCUT2D eigenvalue weighted by atomic mass is 35.5. The maximum atomic E-state index is 11.8. The molecule has 3 amide bonds. The standard InChI is InChI=1S/C13H14ClN3O4/c1-21-12(19)9-3-2-7(4-10(9)14)16-13(20)17-8-5-11(18)15-6-8/h2-4,8H,5-6H2,1H3,(H,15,18)(H2,16,17,20). The lowest BCUT2D eigenvalue weighted by molar-refractivity contribution is -0.119. The van der Waals surface area contributed by atoms with Crippen molar-refractivity contribution in [2.45, 2.75) is 12.5 Å². The minimum absolute atomic E-state index is 0.0919. The second kappa shape index (κ2) is 6.45. The lowest BCUT2D eigenvalue weighted by Gasteiger charge is -2.12. The fourth-order valence-electron chi connectivity index (χ4n) is 1.93. The average molecular weight is 312 g/mol. The van der Waals surface area contributed by atoms with E-state index in [1.807, 2.05) is 0 Å². The van der Waals surface area contributed by atoms with Gasteiger partial charge in [0.15, 0.2) is 0 Å². The van der Waals surface area contributed by atoms with Crippen LogP contribution in [0.2, 0.25) is 5.02 Å². The summed E-state index contributed by atoms with van der Waals surface area (Å²) in [6.07, 6.45) is 0.259. The first-order chi connectivity index (χ1) is 9.99. The largest absolute Gasteiger partial charge is 0.465 e. The number of benzene rings is 1. The van der Waals surface area contributed by atoms with Crippen molar-refractivity contribution in [3.8, 4) is 0 Å². The predicted molar refractivity (Wildman–Crippen MR) is 76.4 cm³/mol. The van der Waals surface area contributed by atoms with Crippen molar-refractivity contribution in [3.05, 3.63) is 28.8 Å². The van der Waals surface area contributed by atoms with Gasteiger partial charge in [-0.25, -0.2) is 9.59 Å². The molecule has 1 unspecified atom stereocenters. The van der Waals surface area contributed by atoms with Gasteiger partial charge in [0.05, 0.1) is 23.7 Å². The van der Waals surface area contributed by atoms with Crippen molar-refractivity contribution in [2.24, 2.45) is 0 Å². The lowest BCUT2D eigenvalue weighted by Crippen LogP contribution is -2.39. The molecular weight excluding hydrogens is 298 g/mol. The van der Waals surface area contributed by atoms with E-state index < -0.39 is 12.0 Å². The summed E-state index contributed by atoms with van der Waals surface area (Å²) in [7, 11) is 1.26. The van der Waals surface area contributed by atoms with Gasteiger partial charge in [-0.05, 0) is 18.2 Å². The zero-order valence-corrected chi connectivity index (χ0v) is 12.0. The number of nitrogens with one attached hydrogen (secondary N) is 3. The molecule has 0 radical (unpaired) electrons. The van der Waals surface area contributed by atoms with Crippen molar-refractivity contribution in [1.82, 2.24) is 10.6 Å². The highest BCUT2D eigenvalue weighted by molar-refractivity contribution is 6.33. The topological polar surface area (TPSA) is 96.5 Å². The molecule has 1 aliphatic rings. The van der Waals surface area contributed by atoms with E-state index in [4.69, 9.17) is 11.6 Å². The molecule has 8 heteroatoms. The van der Waals surface area contributed by atoms with Crippen molar-refractivity contribution < 1.29 is 19.1 Å². The van der Waals surface area contributed by atoms with Crippen LogP contribution in [-0.2, 0) is 9.53 Å². The highest BCUT2D eigenvalue weighted by Crippen LogP contribution is 2.21. The Morgan fingerprint density at radius 2 is 2.19 bits per heavy atom. The first kappa shape index (κ1) is 15.1. The van der Waals surface area contributed by atoms with Crippen molar-refractivity contribution in [1.29, 1.82) is 0 Å². The number of esters is 1. The zero-order valence-electron chi connectivity index (χ0n) is 11.2. The number of amides is 3. The van der Waals surface area contributed by atoms with Gasteiger partial charge in [-0.15, -0.1) is 0 Å². The Hall–Kier alpha value is -2.28. The average Bonchev–Trinajstić information content (AvgIpc) is 2.83. The smallest absolute Gasteiger partial charge is 0.339 e. The highest BCUT2D eigenvalue weighted by Gasteiger charge is 2.22. The molecule has 0 saturated carbocycles. The number of carbonyl (C=O) groups is 3. The Morgan fingerprint density at radius 1 is 1.43 bits per heavy atom. The summed E-state index contributed by atoms with van der Waals surface area (Å²) in [6, 6.07) is 3.77. The quantitative estimate of drug-likeness (QED) is 0.729. The molecule has 0 bridgehead atoms. The summed E-state index contributed by atoms with van der Waals surface area (Å²) >= 11 is 5.95. The second-order valence-electron chi connectivity index (χ2n) is 4.49. The van der Waals surface area contributed by atoms with Crippen LogP contribution in [0.4, 0.5) is 10.5 Å². The van der Waals surface area contributed by atoms with Gasteiger partial charge in [-0.3, -0.25) is 4.79 Å². The van der Waals surface area contributed by atoms with E-state index in [1.165, 1.54) is 25.3 Å². The van der Waals surface area contributed by atoms with Gasteiger partial charge in [0.2, 0.25) is 5.91 Å². The Bertz CT molecular complexity index is 591. The molecule has 1 saturated heterocycles. The third kappa shape index (κ3) is 3.85. The third-order valence-corrected chi connectivity index (χ3v) is 3.26. The number of ether oxygens (including phenoxy) is 1. The van der Waals surface area contributed by atoms with Crippen molar-refractivity contribution in [3.63, 3.8) is 0 Å². The molecule has 1 heterocycles. The van der Waals surface area contributed by atoms with Crippen LogP contribution in [0, 0.1) is 0 Å². The van der Waals surface area contributed by atoms with Gasteiger partial charge in [0.25, 0.3) is 0 Å². The number of hydrogen-bond donors (Lipinski definition) is 3. The summed E-state index contributed by atoms with van der Waals surface area (Å²) in [4.78, 5) is 34.2. The van der Waals surface area contributed by atoms with Crippen LogP contribution in [0.1, 0.15) is 16.8 Å². The molecule has 112 valence electrons. The number of rotatable bonds is 3. The van der Waals surface area contributed by atoms with E-state index >= 15 is 0 Å². The molecule has 0 aliphatic carbocycles. The molecule has 21 heavy (non-hydrogen) atoms. The Morgan fingerprint density at radius 3 is 2.76 bits per heavy atom. The predicted octanol–water partition coefficient (Wildman–Crippen LogP) is 1.14. The lowest BCUT2D eigenvalue weighted by atomic mass is 10.2. The van der Waals surface area contributed by atoms with Gasteiger partial charge in [-0.1, -0.05) is 11.6 Å². The molecule has 7 nitrogen and oxygen atoms in total. The summed E-state index contributed by atoms with van der Waals surface area (Å²) in [5.74, 6) is -0.641. The van der Waals surface area contributed by atoms with Crippen LogP contribution in [0.3, 0.4) is 0 Å². The fraction of sp³-hybridized carbons (Fsp3) is 0.308. The molecular formula is C13H14ClN3O4. The minimum atomic E-state index is -0.549. The molecule has 0 spiro atoms. The van der Waals surface area contributed by atoms with Gasteiger partial charge in [-0.2, -0.15) is 0 Å². The number of hydrogen-bond acceptors (Lipinski definition) is 4. The molecule has 1 aliphatic heterocycles. The van der Waals surface area contributed by atoms with E-state index in [0.717, 1.165) is 0 Å². The van der Waals surface area contributed by atoms with Gasteiger partial charge >= 0.3 is 12.0 Å². The van der Waals surface area contributed by atoms with Gasteiger partial charge in [0, 0.05) is 18.7 Å². The first-order valence-corrected chi connectivity index (χ1v) is 6.59. The molecule has 1 aromatic rings. The minimum Gasteiger partial charge on any atom is -0.465 e. The Kier molecular flexibility index (Phi) is 4.64. The molecule has 2 rings (SSSR count). The Labute approximate surface area is 126 Å². The molecule has 3 N–H and O–H groups in total. The maximum Gasteiger partial charge on any atom is 0.339 e. The maximum absolute atomic E-state index is 11.8. The number of methoxy groups -OCH3 is 1. The van der Waals surface area contributed by atoms with Gasteiger partial charge in [0.1, 0.15) is 0 Å². The SMILES string of the molecule is COC(=O)c1ccc(NC(=O)NC2CNC(=O)C2)cc1Cl. The number of anilines is 1. The molecule has 0 aromatic heterocycles. The number of halogens is 1. The number of urea groups is 1. The van der Waals surface area contributed by atoms with E-state index in [9.17, 15) is 14.4 Å².